The third kappa shape index (κ3) is 3.53. The molecule has 126 valence electrons. The summed E-state index contributed by atoms with van der Waals surface area (Å²) in [5.41, 5.74) is 0.469. The van der Waals surface area contributed by atoms with E-state index in [2.05, 4.69) is 0 Å². The fraction of sp³-hybridized carbons (Fsp3) is 0.562. The van der Waals surface area contributed by atoms with E-state index in [1.54, 1.807) is 4.90 Å². The Morgan fingerprint density at radius 3 is 2.39 bits per heavy atom. The summed E-state index contributed by atoms with van der Waals surface area (Å²) in [5, 5.41) is 19.8. The van der Waals surface area contributed by atoms with E-state index in [0.29, 0.717) is 38.3 Å². The quantitative estimate of drug-likeness (QED) is 0.782. The number of piperazine rings is 1. The van der Waals surface area contributed by atoms with E-state index >= 15 is 0 Å². The fourth-order valence-electron chi connectivity index (χ4n) is 3.12. The number of carbonyl (C=O) groups excluding carboxylic acids is 1. The number of amides is 1. The highest BCUT2D eigenvalue weighted by atomic mass is 19.1. The van der Waals surface area contributed by atoms with Crippen LogP contribution in [0, 0.1) is 5.82 Å². The van der Waals surface area contributed by atoms with E-state index in [9.17, 15) is 19.4 Å². The van der Waals surface area contributed by atoms with Crippen LogP contribution >= 0.6 is 0 Å². The summed E-state index contributed by atoms with van der Waals surface area (Å²) in [6.07, 6.45) is -1.70. The van der Waals surface area contributed by atoms with E-state index in [4.69, 9.17) is 4.74 Å². The van der Waals surface area contributed by atoms with Crippen LogP contribution in [0.3, 0.4) is 0 Å². The molecule has 7 heteroatoms. The van der Waals surface area contributed by atoms with E-state index in [1.807, 2.05) is 4.90 Å². The van der Waals surface area contributed by atoms with Gasteiger partial charge in [-0.05, 0) is 24.3 Å². The third-order valence-corrected chi connectivity index (χ3v) is 4.53. The van der Waals surface area contributed by atoms with Gasteiger partial charge in [-0.25, -0.2) is 4.39 Å². The van der Waals surface area contributed by atoms with Gasteiger partial charge in [0, 0.05) is 31.7 Å². The second-order valence-electron chi connectivity index (χ2n) is 6.00. The molecule has 3 rings (SSSR count). The maximum Gasteiger partial charge on any atom is 0.253 e. The standard InChI is InChI=1S/C16H21FN2O4/c17-12-3-1-11(2-4-12)16(22)19-7-5-18(6-8-19)13-9-23-10-14(20)15(13)21/h1-4,13-15,20-21H,5-10H2/t13-,14-,15+/m1/s1. The molecule has 6 nitrogen and oxygen atoms in total. The zero-order chi connectivity index (χ0) is 16.4. The molecule has 1 aromatic rings. The molecule has 0 bridgehead atoms. The number of nitrogens with zero attached hydrogens (tertiary/aromatic N) is 2. The lowest BCUT2D eigenvalue weighted by Gasteiger charge is -2.43. The average molecular weight is 324 g/mol. The highest BCUT2D eigenvalue weighted by Gasteiger charge is 2.37. The van der Waals surface area contributed by atoms with Crippen LogP contribution in [-0.2, 0) is 4.74 Å². The molecule has 2 aliphatic heterocycles. The molecule has 2 heterocycles. The normalized spacial score (nSPS) is 29.5. The molecule has 23 heavy (non-hydrogen) atoms. The number of hydrogen-bond donors (Lipinski definition) is 2. The molecule has 0 unspecified atom stereocenters. The van der Waals surface area contributed by atoms with Crippen LogP contribution in [0.4, 0.5) is 4.39 Å². The van der Waals surface area contributed by atoms with Gasteiger partial charge in [-0.3, -0.25) is 9.69 Å². The molecule has 2 saturated heterocycles. The first-order valence-electron chi connectivity index (χ1n) is 7.79. The van der Waals surface area contributed by atoms with E-state index in [0.717, 1.165) is 0 Å². The topological polar surface area (TPSA) is 73.2 Å². The first-order chi connectivity index (χ1) is 11.1. The van der Waals surface area contributed by atoms with Crippen LogP contribution in [0.2, 0.25) is 0 Å². The average Bonchev–Trinajstić information content (AvgIpc) is 2.58. The number of ether oxygens (including phenoxy) is 1. The molecule has 2 N–H and O–H groups in total. The highest BCUT2D eigenvalue weighted by Crippen LogP contribution is 2.18. The zero-order valence-corrected chi connectivity index (χ0v) is 12.8. The maximum atomic E-state index is 12.9. The summed E-state index contributed by atoms with van der Waals surface area (Å²) >= 11 is 0. The Morgan fingerprint density at radius 2 is 1.74 bits per heavy atom. The van der Waals surface area contributed by atoms with Crippen LogP contribution in [0.15, 0.2) is 24.3 Å². The minimum atomic E-state index is -0.868. The predicted molar refractivity (Wildman–Crippen MR) is 80.5 cm³/mol. The smallest absolute Gasteiger partial charge is 0.253 e. The van der Waals surface area contributed by atoms with Crippen molar-refractivity contribution in [1.82, 2.24) is 9.80 Å². The number of carbonyl (C=O) groups is 1. The summed E-state index contributed by atoms with van der Waals surface area (Å²) in [7, 11) is 0. The molecule has 0 aliphatic carbocycles. The molecule has 0 saturated carbocycles. The van der Waals surface area contributed by atoms with Gasteiger partial charge in [0.2, 0.25) is 0 Å². The highest BCUT2D eigenvalue weighted by molar-refractivity contribution is 5.94. The van der Waals surface area contributed by atoms with Crippen molar-refractivity contribution in [3.8, 4) is 0 Å². The monoisotopic (exact) mass is 324 g/mol. The van der Waals surface area contributed by atoms with Gasteiger partial charge in [-0.2, -0.15) is 0 Å². The minimum Gasteiger partial charge on any atom is -0.389 e. The largest absolute Gasteiger partial charge is 0.389 e. The molecule has 2 aliphatic rings. The Kier molecular flexibility index (Phi) is 4.91. The summed E-state index contributed by atoms with van der Waals surface area (Å²) in [4.78, 5) is 16.1. The second kappa shape index (κ2) is 6.92. The summed E-state index contributed by atoms with van der Waals surface area (Å²) in [5.74, 6) is -0.485. The van der Waals surface area contributed by atoms with Crippen molar-refractivity contribution in [3.63, 3.8) is 0 Å². The Labute approximate surface area is 134 Å². The van der Waals surface area contributed by atoms with Crippen LogP contribution in [0.1, 0.15) is 10.4 Å². The zero-order valence-electron chi connectivity index (χ0n) is 12.8. The summed E-state index contributed by atoms with van der Waals surface area (Å²) in [6.45, 7) is 2.78. The van der Waals surface area contributed by atoms with Gasteiger partial charge in [0.25, 0.3) is 5.91 Å². The summed E-state index contributed by atoms with van der Waals surface area (Å²) < 4.78 is 18.2. The summed E-state index contributed by atoms with van der Waals surface area (Å²) in [6, 6.07) is 5.28. The Morgan fingerprint density at radius 1 is 1.09 bits per heavy atom. The minimum absolute atomic E-state index is 0.120. The predicted octanol–water partition coefficient (Wildman–Crippen LogP) is -0.296. The van der Waals surface area contributed by atoms with Gasteiger partial charge in [0.15, 0.2) is 0 Å². The van der Waals surface area contributed by atoms with Crippen LogP contribution < -0.4 is 0 Å². The molecule has 1 aromatic carbocycles. The lowest BCUT2D eigenvalue weighted by atomic mass is 10.0. The van der Waals surface area contributed by atoms with Gasteiger partial charge in [0.05, 0.1) is 25.4 Å². The number of hydrogen-bond acceptors (Lipinski definition) is 5. The van der Waals surface area contributed by atoms with Gasteiger partial charge >= 0.3 is 0 Å². The SMILES string of the molecule is O=C(c1ccc(F)cc1)N1CCN([C@@H]2COC[C@@H](O)[C@H]2O)CC1. The van der Waals surface area contributed by atoms with Gasteiger partial charge in [-0.15, -0.1) is 0 Å². The first kappa shape index (κ1) is 16.3. The molecule has 2 fully saturated rings. The molecule has 0 aromatic heterocycles. The fourth-order valence-corrected chi connectivity index (χ4v) is 3.12. The van der Waals surface area contributed by atoms with Crippen molar-refractivity contribution in [3.05, 3.63) is 35.6 Å². The van der Waals surface area contributed by atoms with Crippen molar-refractivity contribution in [2.45, 2.75) is 18.2 Å². The maximum absolute atomic E-state index is 12.9. The molecule has 1 amide bonds. The van der Waals surface area contributed by atoms with Crippen LogP contribution in [0.5, 0.6) is 0 Å². The Balaban J connectivity index is 1.57. The van der Waals surface area contributed by atoms with E-state index in [-0.39, 0.29) is 24.4 Å². The van der Waals surface area contributed by atoms with Crippen molar-refractivity contribution in [1.29, 1.82) is 0 Å². The number of aliphatic hydroxyl groups excluding tert-OH is 2. The molecular formula is C16H21FN2O4. The van der Waals surface area contributed by atoms with Crippen molar-refractivity contribution in [2.24, 2.45) is 0 Å². The van der Waals surface area contributed by atoms with E-state index in [1.165, 1.54) is 24.3 Å². The van der Waals surface area contributed by atoms with Gasteiger partial charge in [0.1, 0.15) is 11.9 Å². The molecular weight excluding hydrogens is 303 g/mol. The lowest BCUT2D eigenvalue weighted by Crippen LogP contribution is -2.60. The van der Waals surface area contributed by atoms with Gasteiger partial charge in [-0.1, -0.05) is 0 Å². The number of aliphatic hydroxyl groups is 2. The molecule has 0 spiro atoms. The molecule has 3 atom stereocenters. The number of halogens is 1. The second-order valence-corrected chi connectivity index (χ2v) is 6.00. The Bertz CT molecular complexity index is 546. The van der Waals surface area contributed by atoms with Gasteiger partial charge < -0.3 is 19.8 Å². The Hall–Kier alpha value is -1.54. The number of benzene rings is 1. The lowest BCUT2D eigenvalue weighted by molar-refractivity contribution is -0.136. The van der Waals surface area contributed by atoms with Crippen molar-refractivity contribution >= 4 is 5.91 Å². The first-order valence-corrected chi connectivity index (χ1v) is 7.79. The number of rotatable bonds is 2. The van der Waals surface area contributed by atoms with Crippen LogP contribution in [-0.4, -0.2) is 83.6 Å². The third-order valence-electron chi connectivity index (χ3n) is 4.53. The molecule has 0 radical (unpaired) electrons. The van der Waals surface area contributed by atoms with Crippen molar-refractivity contribution in [2.75, 3.05) is 39.4 Å². The van der Waals surface area contributed by atoms with Crippen LogP contribution in [0.25, 0.3) is 0 Å². The van der Waals surface area contributed by atoms with Crippen molar-refractivity contribution < 1.29 is 24.1 Å². The van der Waals surface area contributed by atoms with E-state index < -0.39 is 12.2 Å².